The molecule has 1 heterocycles. The first kappa shape index (κ1) is 14.1. The third-order valence-electron chi connectivity index (χ3n) is 3.63. The molecule has 4 nitrogen and oxygen atoms in total. The molecule has 1 aliphatic heterocycles. The summed E-state index contributed by atoms with van der Waals surface area (Å²) in [6.07, 6.45) is 0. The summed E-state index contributed by atoms with van der Waals surface area (Å²) in [7, 11) is -0.762. The number of rotatable bonds is 2. The lowest BCUT2D eigenvalue weighted by atomic mass is 9.83. The van der Waals surface area contributed by atoms with Gasteiger partial charge in [0.15, 0.2) is 0 Å². The van der Waals surface area contributed by atoms with Gasteiger partial charge in [-0.2, -0.15) is 0 Å². The van der Waals surface area contributed by atoms with Crippen molar-refractivity contribution in [1.29, 1.82) is 0 Å². The molecule has 0 unspecified atom stereocenters. The Morgan fingerprint density at radius 3 is 2.26 bits per heavy atom. The molecule has 1 aliphatic rings. The van der Waals surface area contributed by atoms with E-state index in [2.05, 4.69) is 0 Å². The van der Waals surface area contributed by atoms with Crippen LogP contribution in [0.5, 0.6) is 0 Å². The van der Waals surface area contributed by atoms with Crippen LogP contribution in [0.15, 0.2) is 24.3 Å². The van der Waals surface area contributed by atoms with Gasteiger partial charge in [-0.1, -0.05) is 12.1 Å². The number of nitrogens with two attached hydrogens (primary N) is 1. The Hall–Kier alpha value is -1.36. The van der Waals surface area contributed by atoms with E-state index in [4.69, 9.17) is 5.73 Å². The molecule has 2 rings (SSSR count). The zero-order valence-corrected chi connectivity index (χ0v) is 12.2. The molecule has 0 radical (unpaired) electrons. The summed E-state index contributed by atoms with van der Waals surface area (Å²) in [5.74, 6) is 1.27. The fourth-order valence-electron chi connectivity index (χ4n) is 2.26. The van der Waals surface area contributed by atoms with E-state index < -0.39 is 16.2 Å². The summed E-state index contributed by atoms with van der Waals surface area (Å²) in [5.41, 5.74) is 6.75. The maximum absolute atomic E-state index is 12.6. The number of hydrogen-bond donors (Lipinski definition) is 1. The summed E-state index contributed by atoms with van der Waals surface area (Å²) >= 11 is 0. The van der Waals surface area contributed by atoms with Gasteiger partial charge in [0.05, 0.1) is 5.41 Å². The van der Waals surface area contributed by atoms with Crippen LogP contribution >= 0.6 is 0 Å². The van der Waals surface area contributed by atoms with Crippen LogP contribution in [0.2, 0.25) is 0 Å². The summed E-state index contributed by atoms with van der Waals surface area (Å²) in [4.78, 5) is 14.4. The Morgan fingerprint density at radius 2 is 1.74 bits per heavy atom. The van der Waals surface area contributed by atoms with Crippen molar-refractivity contribution in [1.82, 2.24) is 4.90 Å². The Morgan fingerprint density at radius 1 is 1.21 bits per heavy atom. The first-order valence-electron chi connectivity index (χ1n) is 6.41. The first-order chi connectivity index (χ1) is 8.91. The van der Waals surface area contributed by atoms with Gasteiger partial charge in [0.2, 0.25) is 5.91 Å². The Labute approximate surface area is 116 Å². The standard InChI is InChI=1S/C14H20N2O2S/c1-14(2,11-3-5-12(15)6-4-11)13(17)16-7-9-19(18)10-8-16/h3-6H,7-10,15H2,1-2H3. The van der Waals surface area contributed by atoms with Gasteiger partial charge in [-0.05, 0) is 31.5 Å². The lowest BCUT2D eigenvalue weighted by Gasteiger charge is -2.34. The van der Waals surface area contributed by atoms with Crippen molar-refractivity contribution < 1.29 is 9.00 Å². The zero-order chi connectivity index (χ0) is 14.0. The van der Waals surface area contributed by atoms with Crippen molar-refractivity contribution in [2.45, 2.75) is 19.3 Å². The Bertz CT molecular complexity index is 487. The van der Waals surface area contributed by atoms with Crippen LogP contribution < -0.4 is 5.73 Å². The number of benzene rings is 1. The minimum absolute atomic E-state index is 0.0916. The van der Waals surface area contributed by atoms with Crippen LogP contribution in [0.25, 0.3) is 0 Å². The maximum Gasteiger partial charge on any atom is 0.232 e. The zero-order valence-electron chi connectivity index (χ0n) is 11.4. The molecule has 1 aromatic rings. The molecule has 0 spiro atoms. The third-order valence-corrected chi connectivity index (χ3v) is 4.91. The van der Waals surface area contributed by atoms with E-state index in [1.165, 1.54) is 0 Å². The van der Waals surface area contributed by atoms with Crippen molar-refractivity contribution in [3.8, 4) is 0 Å². The molecule has 1 saturated heterocycles. The summed E-state index contributed by atoms with van der Waals surface area (Å²) in [5, 5.41) is 0. The predicted molar refractivity (Wildman–Crippen MR) is 78.3 cm³/mol. The van der Waals surface area contributed by atoms with E-state index in [9.17, 15) is 9.00 Å². The highest BCUT2D eigenvalue weighted by molar-refractivity contribution is 7.85. The molecule has 0 aliphatic carbocycles. The maximum atomic E-state index is 12.6. The van der Waals surface area contributed by atoms with Crippen molar-refractivity contribution in [2.24, 2.45) is 0 Å². The number of carbonyl (C=O) groups is 1. The van der Waals surface area contributed by atoms with E-state index in [1.807, 2.05) is 43.0 Å². The third kappa shape index (κ3) is 2.97. The number of hydrogen-bond acceptors (Lipinski definition) is 3. The largest absolute Gasteiger partial charge is 0.399 e. The number of nitrogen functional groups attached to an aromatic ring is 1. The average Bonchev–Trinajstić information content (AvgIpc) is 2.39. The van der Waals surface area contributed by atoms with Crippen molar-refractivity contribution in [3.05, 3.63) is 29.8 Å². The number of anilines is 1. The molecule has 104 valence electrons. The van der Waals surface area contributed by atoms with E-state index in [0.29, 0.717) is 30.3 Å². The van der Waals surface area contributed by atoms with Crippen molar-refractivity contribution in [2.75, 3.05) is 30.3 Å². The quantitative estimate of drug-likeness (QED) is 0.826. The fourth-order valence-corrected chi connectivity index (χ4v) is 3.31. The van der Waals surface area contributed by atoms with Crippen LogP contribution in [0.3, 0.4) is 0 Å². The first-order valence-corrected chi connectivity index (χ1v) is 7.90. The second kappa shape index (κ2) is 5.33. The van der Waals surface area contributed by atoms with E-state index in [1.54, 1.807) is 0 Å². The molecule has 1 fully saturated rings. The highest BCUT2D eigenvalue weighted by Crippen LogP contribution is 2.27. The van der Waals surface area contributed by atoms with Gasteiger partial charge < -0.3 is 10.6 Å². The van der Waals surface area contributed by atoms with E-state index in [0.717, 1.165) is 5.56 Å². The van der Waals surface area contributed by atoms with Gasteiger partial charge >= 0.3 is 0 Å². The second-order valence-electron chi connectivity index (χ2n) is 5.39. The van der Waals surface area contributed by atoms with Crippen molar-refractivity contribution >= 4 is 22.4 Å². The molecular weight excluding hydrogens is 260 g/mol. The number of amides is 1. The SMILES string of the molecule is CC(C)(C(=O)N1CCS(=O)CC1)c1ccc(N)cc1. The minimum Gasteiger partial charge on any atom is -0.399 e. The smallest absolute Gasteiger partial charge is 0.232 e. The molecule has 0 atom stereocenters. The number of carbonyl (C=O) groups excluding carboxylic acids is 1. The molecule has 0 bridgehead atoms. The minimum atomic E-state index is -0.762. The van der Waals surface area contributed by atoms with Crippen LogP contribution in [0, 0.1) is 0 Å². The van der Waals surface area contributed by atoms with Crippen LogP contribution in [-0.4, -0.2) is 39.6 Å². The van der Waals surface area contributed by atoms with Crippen LogP contribution in [-0.2, 0) is 21.0 Å². The molecule has 1 amide bonds. The van der Waals surface area contributed by atoms with Gasteiger partial charge in [-0.3, -0.25) is 9.00 Å². The van der Waals surface area contributed by atoms with Crippen molar-refractivity contribution in [3.63, 3.8) is 0 Å². The van der Waals surface area contributed by atoms with Gasteiger partial charge in [-0.25, -0.2) is 0 Å². The van der Waals surface area contributed by atoms with Gasteiger partial charge in [0.25, 0.3) is 0 Å². The number of nitrogens with zero attached hydrogens (tertiary/aromatic N) is 1. The summed E-state index contributed by atoms with van der Waals surface area (Å²) in [6, 6.07) is 7.43. The highest BCUT2D eigenvalue weighted by Gasteiger charge is 2.34. The topological polar surface area (TPSA) is 63.4 Å². The lowest BCUT2D eigenvalue weighted by Crippen LogP contribution is -2.49. The molecule has 19 heavy (non-hydrogen) atoms. The molecule has 0 saturated carbocycles. The van der Waals surface area contributed by atoms with Gasteiger partial charge in [0.1, 0.15) is 0 Å². The Balaban J connectivity index is 2.16. The van der Waals surface area contributed by atoms with E-state index >= 15 is 0 Å². The molecule has 0 aromatic heterocycles. The molecule has 5 heteroatoms. The lowest BCUT2D eigenvalue weighted by molar-refractivity contribution is -0.135. The fraction of sp³-hybridized carbons (Fsp3) is 0.500. The summed E-state index contributed by atoms with van der Waals surface area (Å²) in [6.45, 7) is 5.02. The second-order valence-corrected chi connectivity index (χ2v) is 7.08. The monoisotopic (exact) mass is 280 g/mol. The average molecular weight is 280 g/mol. The molecule has 1 aromatic carbocycles. The van der Waals surface area contributed by atoms with Crippen LogP contribution in [0.1, 0.15) is 19.4 Å². The Kier molecular flexibility index (Phi) is 3.94. The molecule has 2 N–H and O–H groups in total. The molecular formula is C14H20N2O2S. The van der Waals surface area contributed by atoms with Gasteiger partial charge in [0, 0.05) is 41.1 Å². The highest BCUT2D eigenvalue weighted by atomic mass is 32.2. The predicted octanol–water partition coefficient (Wildman–Crippen LogP) is 1.14. The normalized spacial score (nSPS) is 17.5. The summed E-state index contributed by atoms with van der Waals surface area (Å²) < 4.78 is 11.3. The van der Waals surface area contributed by atoms with E-state index in [-0.39, 0.29) is 5.91 Å². The van der Waals surface area contributed by atoms with Crippen LogP contribution in [0.4, 0.5) is 5.69 Å². The van der Waals surface area contributed by atoms with Gasteiger partial charge in [-0.15, -0.1) is 0 Å².